The zero-order valence-corrected chi connectivity index (χ0v) is 11.0. The molecule has 18 heavy (non-hydrogen) atoms. The molecule has 0 fully saturated rings. The van der Waals surface area contributed by atoms with Crippen molar-refractivity contribution in [3.05, 3.63) is 24.0 Å². The number of halogens is 1. The highest BCUT2D eigenvalue weighted by Crippen LogP contribution is 2.24. The Morgan fingerprint density at radius 2 is 2.17 bits per heavy atom. The first-order chi connectivity index (χ1) is 8.41. The highest BCUT2D eigenvalue weighted by atomic mass is 19.1. The number of hydrogen-bond donors (Lipinski definition) is 2. The van der Waals surface area contributed by atoms with Crippen LogP contribution in [0.1, 0.15) is 13.8 Å². The molecule has 1 aromatic carbocycles. The van der Waals surface area contributed by atoms with E-state index in [1.165, 1.54) is 6.07 Å². The second kappa shape index (κ2) is 6.23. The molecule has 0 aliphatic heterocycles. The Balaban J connectivity index is 2.62. The minimum atomic E-state index is -0.470. The van der Waals surface area contributed by atoms with Crippen molar-refractivity contribution in [3.63, 3.8) is 0 Å². The minimum absolute atomic E-state index is 0.0664. The second-order valence-electron chi connectivity index (χ2n) is 4.73. The quantitative estimate of drug-likeness (QED) is 0.784. The molecular weight excluding hydrogens is 233 g/mol. The van der Waals surface area contributed by atoms with Gasteiger partial charge in [0.15, 0.2) is 0 Å². The lowest BCUT2D eigenvalue weighted by molar-refractivity contribution is -0.119. The highest BCUT2D eigenvalue weighted by molar-refractivity contribution is 5.82. The van der Waals surface area contributed by atoms with Gasteiger partial charge >= 0.3 is 0 Å². The van der Waals surface area contributed by atoms with E-state index in [0.717, 1.165) is 0 Å². The second-order valence-corrected chi connectivity index (χ2v) is 4.73. The Bertz CT molecular complexity index is 421. The fourth-order valence-electron chi connectivity index (χ4n) is 1.53. The van der Waals surface area contributed by atoms with Gasteiger partial charge in [0.25, 0.3) is 0 Å². The largest absolute Gasteiger partial charge is 0.395 e. The molecule has 0 saturated heterocycles. The van der Waals surface area contributed by atoms with E-state index in [2.05, 4.69) is 5.32 Å². The molecule has 0 saturated carbocycles. The van der Waals surface area contributed by atoms with E-state index in [0.29, 0.717) is 18.2 Å². The standard InChI is InChI=1S/C13H20FN3O/c1-9(2)7-16-12(18)8-17(3)11-6-4-5-10(14)13(11)15/h4-6,9H,7-8,15H2,1-3H3,(H,16,18). The van der Waals surface area contributed by atoms with Gasteiger partial charge in [0.2, 0.25) is 5.91 Å². The molecule has 0 bridgehead atoms. The normalized spacial score (nSPS) is 10.5. The number of carbonyl (C=O) groups is 1. The van der Waals surface area contributed by atoms with Crippen molar-refractivity contribution in [3.8, 4) is 0 Å². The van der Waals surface area contributed by atoms with Gasteiger partial charge in [-0.1, -0.05) is 19.9 Å². The number of para-hydroxylation sites is 1. The maximum absolute atomic E-state index is 13.3. The lowest BCUT2D eigenvalue weighted by Crippen LogP contribution is -2.37. The van der Waals surface area contributed by atoms with Crippen LogP contribution >= 0.6 is 0 Å². The Labute approximate surface area is 107 Å². The fraction of sp³-hybridized carbons (Fsp3) is 0.462. The summed E-state index contributed by atoms with van der Waals surface area (Å²) in [6.07, 6.45) is 0. The van der Waals surface area contributed by atoms with Crippen LogP contribution in [0.5, 0.6) is 0 Å². The van der Waals surface area contributed by atoms with Gasteiger partial charge in [0, 0.05) is 13.6 Å². The third-order valence-corrected chi connectivity index (χ3v) is 2.53. The lowest BCUT2D eigenvalue weighted by atomic mass is 10.2. The van der Waals surface area contributed by atoms with Gasteiger partial charge < -0.3 is 16.0 Å². The zero-order chi connectivity index (χ0) is 13.7. The average Bonchev–Trinajstić information content (AvgIpc) is 2.30. The van der Waals surface area contributed by atoms with Crippen molar-refractivity contribution in [2.75, 3.05) is 30.8 Å². The van der Waals surface area contributed by atoms with Crippen LogP contribution in [0.2, 0.25) is 0 Å². The van der Waals surface area contributed by atoms with Crippen LogP contribution in [0.4, 0.5) is 15.8 Å². The van der Waals surface area contributed by atoms with E-state index < -0.39 is 5.82 Å². The summed E-state index contributed by atoms with van der Waals surface area (Å²) < 4.78 is 13.3. The molecular formula is C13H20FN3O. The van der Waals surface area contributed by atoms with E-state index >= 15 is 0 Å². The van der Waals surface area contributed by atoms with Gasteiger partial charge in [0.05, 0.1) is 17.9 Å². The monoisotopic (exact) mass is 253 g/mol. The molecule has 4 nitrogen and oxygen atoms in total. The molecule has 100 valence electrons. The first kappa shape index (κ1) is 14.3. The SMILES string of the molecule is CC(C)CNC(=O)CN(C)c1cccc(F)c1N. The summed E-state index contributed by atoms with van der Waals surface area (Å²) in [4.78, 5) is 13.3. The van der Waals surface area contributed by atoms with Crippen molar-refractivity contribution in [1.29, 1.82) is 0 Å². The van der Waals surface area contributed by atoms with Crippen LogP contribution in [-0.2, 0) is 4.79 Å². The maximum atomic E-state index is 13.3. The van der Waals surface area contributed by atoms with E-state index in [1.54, 1.807) is 24.1 Å². The number of nitrogens with two attached hydrogens (primary N) is 1. The van der Waals surface area contributed by atoms with Crippen LogP contribution in [0.15, 0.2) is 18.2 Å². The Morgan fingerprint density at radius 3 is 2.78 bits per heavy atom. The first-order valence-electron chi connectivity index (χ1n) is 5.93. The van der Waals surface area contributed by atoms with Gasteiger partial charge in [-0.15, -0.1) is 0 Å². The van der Waals surface area contributed by atoms with Crippen molar-refractivity contribution < 1.29 is 9.18 Å². The summed E-state index contributed by atoms with van der Waals surface area (Å²) in [5.41, 5.74) is 6.22. The van der Waals surface area contributed by atoms with Gasteiger partial charge in [-0.2, -0.15) is 0 Å². The smallest absolute Gasteiger partial charge is 0.239 e. The van der Waals surface area contributed by atoms with Gasteiger partial charge in [-0.05, 0) is 18.1 Å². The first-order valence-corrected chi connectivity index (χ1v) is 5.93. The number of likely N-dealkylation sites (N-methyl/N-ethyl adjacent to an activating group) is 1. The van der Waals surface area contributed by atoms with Crippen LogP contribution in [0, 0.1) is 11.7 Å². The summed E-state index contributed by atoms with van der Waals surface area (Å²) in [7, 11) is 1.71. The van der Waals surface area contributed by atoms with E-state index in [9.17, 15) is 9.18 Å². The summed E-state index contributed by atoms with van der Waals surface area (Å²) in [5, 5.41) is 2.80. The summed E-state index contributed by atoms with van der Waals surface area (Å²) in [6, 6.07) is 4.56. The molecule has 1 rings (SSSR count). The summed E-state index contributed by atoms with van der Waals surface area (Å²) in [5.74, 6) is -0.171. The molecule has 0 spiro atoms. The molecule has 0 atom stereocenters. The number of nitrogens with zero attached hydrogens (tertiary/aromatic N) is 1. The van der Waals surface area contributed by atoms with E-state index in [1.807, 2.05) is 13.8 Å². The Kier molecular flexibility index (Phi) is 4.95. The molecule has 0 unspecified atom stereocenters. The number of amides is 1. The lowest BCUT2D eigenvalue weighted by Gasteiger charge is -2.21. The van der Waals surface area contributed by atoms with Crippen molar-refractivity contribution in [2.45, 2.75) is 13.8 Å². The van der Waals surface area contributed by atoms with Crippen molar-refractivity contribution in [2.24, 2.45) is 5.92 Å². The van der Waals surface area contributed by atoms with Crippen molar-refractivity contribution >= 4 is 17.3 Å². The number of hydrogen-bond acceptors (Lipinski definition) is 3. The van der Waals surface area contributed by atoms with Gasteiger partial charge in [0.1, 0.15) is 5.82 Å². The predicted molar refractivity (Wildman–Crippen MR) is 71.9 cm³/mol. The highest BCUT2D eigenvalue weighted by Gasteiger charge is 2.12. The Hall–Kier alpha value is -1.78. The Morgan fingerprint density at radius 1 is 1.50 bits per heavy atom. The third kappa shape index (κ3) is 3.91. The van der Waals surface area contributed by atoms with Crippen molar-refractivity contribution in [1.82, 2.24) is 5.32 Å². The summed E-state index contributed by atoms with van der Waals surface area (Å²) >= 11 is 0. The number of nitrogens with one attached hydrogen (secondary N) is 1. The number of rotatable bonds is 5. The van der Waals surface area contributed by atoms with Gasteiger partial charge in [-0.25, -0.2) is 4.39 Å². The topological polar surface area (TPSA) is 58.4 Å². The van der Waals surface area contributed by atoms with E-state index in [-0.39, 0.29) is 18.1 Å². The fourth-order valence-corrected chi connectivity index (χ4v) is 1.53. The molecule has 5 heteroatoms. The molecule has 0 aliphatic carbocycles. The average molecular weight is 253 g/mol. The molecule has 1 amide bonds. The number of benzene rings is 1. The minimum Gasteiger partial charge on any atom is -0.395 e. The molecule has 0 aliphatic rings. The van der Waals surface area contributed by atoms with Crippen LogP contribution in [0.3, 0.4) is 0 Å². The number of carbonyl (C=O) groups excluding carboxylic acids is 1. The van der Waals surface area contributed by atoms with Crippen LogP contribution in [-0.4, -0.2) is 26.0 Å². The molecule has 0 aromatic heterocycles. The zero-order valence-electron chi connectivity index (χ0n) is 11.0. The summed E-state index contributed by atoms with van der Waals surface area (Å²) in [6.45, 7) is 4.83. The van der Waals surface area contributed by atoms with Gasteiger partial charge in [-0.3, -0.25) is 4.79 Å². The molecule has 0 radical (unpaired) electrons. The number of anilines is 2. The molecule has 3 N–H and O–H groups in total. The maximum Gasteiger partial charge on any atom is 0.239 e. The van der Waals surface area contributed by atoms with E-state index in [4.69, 9.17) is 5.73 Å². The van der Waals surface area contributed by atoms with Crippen LogP contribution in [0.25, 0.3) is 0 Å². The third-order valence-electron chi connectivity index (χ3n) is 2.53. The molecule has 1 aromatic rings. The van der Waals surface area contributed by atoms with Crippen LogP contribution < -0.4 is 16.0 Å². The predicted octanol–water partition coefficient (Wildman–Crippen LogP) is 1.62. The molecule has 0 heterocycles. The number of nitrogen functional groups attached to an aromatic ring is 1.